The number of hydrogen-bond acceptors (Lipinski definition) is 4. The Balaban J connectivity index is 2.19. The fourth-order valence-electron chi connectivity index (χ4n) is 1.77. The summed E-state index contributed by atoms with van der Waals surface area (Å²) >= 11 is 0. The Hall–Kier alpha value is -2.83. The van der Waals surface area contributed by atoms with E-state index in [-0.39, 0.29) is 17.0 Å². The third-order valence-electron chi connectivity index (χ3n) is 2.75. The number of hydrogen-bond donors (Lipinski definition) is 1. The minimum absolute atomic E-state index is 0.224. The molecule has 2 aromatic carbocycles. The van der Waals surface area contributed by atoms with E-state index in [2.05, 4.69) is 4.72 Å². The van der Waals surface area contributed by atoms with E-state index in [1.54, 1.807) is 42.5 Å². The highest BCUT2D eigenvalue weighted by Gasteiger charge is 2.13. The highest BCUT2D eigenvalue weighted by Crippen LogP contribution is 2.17. The average molecular weight is 297 g/mol. The smallest absolute Gasteiger partial charge is 0.236 e. The van der Waals surface area contributed by atoms with Gasteiger partial charge in [0.2, 0.25) is 10.0 Å². The van der Waals surface area contributed by atoms with Gasteiger partial charge in [0.05, 0.1) is 28.6 Å². The molecule has 104 valence electrons. The summed E-state index contributed by atoms with van der Waals surface area (Å²) in [5.74, 6) is -0.224. The lowest BCUT2D eigenvalue weighted by molar-refractivity contribution is 0.600. The van der Waals surface area contributed by atoms with Crippen molar-refractivity contribution in [2.75, 3.05) is 4.72 Å². The number of sulfonamides is 1. The molecule has 5 nitrogen and oxygen atoms in total. The van der Waals surface area contributed by atoms with Crippen molar-refractivity contribution in [2.45, 2.75) is 5.75 Å². The van der Waals surface area contributed by atoms with E-state index in [4.69, 9.17) is 10.5 Å². The third kappa shape index (κ3) is 3.82. The normalized spacial score (nSPS) is 10.4. The van der Waals surface area contributed by atoms with Crippen molar-refractivity contribution >= 4 is 15.7 Å². The predicted molar refractivity (Wildman–Crippen MR) is 78.6 cm³/mol. The number of benzene rings is 2. The molecule has 0 saturated carbocycles. The van der Waals surface area contributed by atoms with Gasteiger partial charge in [-0.15, -0.1) is 0 Å². The van der Waals surface area contributed by atoms with Gasteiger partial charge in [0.1, 0.15) is 6.07 Å². The maximum Gasteiger partial charge on any atom is 0.236 e. The molecule has 0 bridgehead atoms. The number of nitriles is 2. The SMILES string of the molecule is N#Cc1ccc(CS(=O)(=O)Nc2ccccc2C#N)cc1. The second kappa shape index (κ2) is 6.08. The van der Waals surface area contributed by atoms with Crippen molar-refractivity contribution in [3.05, 3.63) is 65.2 Å². The molecule has 2 aromatic rings. The quantitative estimate of drug-likeness (QED) is 0.937. The Kier molecular flexibility index (Phi) is 4.22. The Labute approximate surface area is 123 Å². The molecule has 0 fully saturated rings. The molecule has 1 N–H and O–H groups in total. The number of rotatable bonds is 4. The summed E-state index contributed by atoms with van der Waals surface area (Å²) in [5, 5.41) is 17.6. The van der Waals surface area contributed by atoms with Crippen LogP contribution >= 0.6 is 0 Å². The molecule has 0 atom stereocenters. The maximum atomic E-state index is 12.1. The molecule has 0 unspecified atom stereocenters. The molecule has 0 spiro atoms. The zero-order valence-corrected chi connectivity index (χ0v) is 11.8. The van der Waals surface area contributed by atoms with E-state index in [1.807, 2.05) is 12.1 Å². The summed E-state index contributed by atoms with van der Waals surface area (Å²) in [4.78, 5) is 0. The van der Waals surface area contributed by atoms with Crippen LogP contribution in [0.15, 0.2) is 48.5 Å². The third-order valence-corrected chi connectivity index (χ3v) is 4.00. The van der Waals surface area contributed by atoms with E-state index in [1.165, 1.54) is 6.07 Å². The summed E-state index contributed by atoms with van der Waals surface area (Å²) < 4.78 is 26.6. The standard InChI is InChI=1S/C15H11N3O2S/c16-9-12-5-7-13(8-6-12)11-21(19,20)18-15-4-2-1-3-14(15)10-17/h1-8,18H,11H2. The summed E-state index contributed by atoms with van der Waals surface area (Å²) in [6, 6.07) is 16.6. The van der Waals surface area contributed by atoms with Crippen LogP contribution in [0.25, 0.3) is 0 Å². The fourth-order valence-corrected chi connectivity index (χ4v) is 2.98. The van der Waals surface area contributed by atoms with Crippen molar-refractivity contribution in [2.24, 2.45) is 0 Å². The number of anilines is 1. The first-order valence-electron chi connectivity index (χ1n) is 6.03. The summed E-state index contributed by atoms with van der Waals surface area (Å²) in [5.41, 5.74) is 1.56. The topological polar surface area (TPSA) is 93.8 Å². The van der Waals surface area contributed by atoms with E-state index < -0.39 is 10.0 Å². The number of para-hydroxylation sites is 1. The second-order valence-corrected chi connectivity index (χ2v) is 6.05. The van der Waals surface area contributed by atoms with E-state index in [9.17, 15) is 8.42 Å². The predicted octanol–water partition coefficient (Wildman–Crippen LogP) is 2.37. The molecule has 0 aliphatic heterocycles. The molecule has 0 heterocycles. The van der Waals surface area contributed by atoms with Gasteiger partial charge in [-0.25, -0.2) is 8.42 Å². The molecule has 2 rings (SSSR count). The summed E-state index contributed by atoms with van der Waals surface area (Å²) in [6.45, 7) is 0. The highest BCUT2D eigenvalue weighted by molar-refractivity contribution is 7.91. The van der Waals surface area contributed by atoms with E-state index >= 15 is 0 Å². The molecule has 6 heteroatoms. The number of nitrogens with zero attached hydrogens (tertiary/aromatic N) is 2. The minimum Gasteiger partial charge on any atom is -0.282 e. The molecular weight excluding hydrogens is 286 g/mol. The first-order chi connectivity index (χ1) is 10.0. The van der Waals surface area contributed by atoms with Gasteiger partial charge >= 0.3 is 0 Å². The Morgan fingerprint density at radius 3 is 2.24 bits per heavy atom. The largest absolute Gasteiger partial charge is 0.282 e. The van der Waals surface area contributed by atoms with Crippen molar-refractivity contribution < 1.29 is 8.42 Å². The van der Waals surface area contributed by atoms with Gasteiger partial charge in [-0.3, -0.25) is 4.72 Å². The van der Waals surface area contributed by atoms with Gasteiger partial charge in [-0.05, 0) is 29.8 Å². The van der Waals surface area contributed by atoms with Crippen molar-refractivity contribution in [3.8, 4) is 12.1 Å². The van der Waals surface area contributed by atoms with Gasteiger partial charge in [0, 0.05) is 0 Å². The fraction of sp³-hybridized carbons (Fsp3) is 0.0667. The number of nitrogens with one attached hydrogen (secondary N) is 1. The molecule has 0 amide bonds. The van der Waals surface area contributed by atoms with Crippen LogP contribution in [0.4, 0.5) is 5.69 Å². The van der Waals surface area contributed by atoms with Crippen LogP contribution in [-0.4, -0.2) is 8.42 Å². The Morgan fingerprint density at radius 1 is 0.952 bits per heavy atom. The Bertz CT molecular complexity index is 828. The minimum atomic E-state index is -3.62. The molecule has 0 aliphatic carbocycles. The lowest BCUT2D eigenvalue weighted by Crippen LogP contribution is -2.15. The second-order valence-electron chi connectivity index (χ2n) is 4.33. The molecular formula is C15H11N3O2S. The lowest BCUT2D eigenvalue weighted by Gasteiger charge is -2.09. The van der Waals surface area contributed by atoms with Gasteiger partial charge in [-0.2, -0.15) is 10.5 Å². The van der Waals surface area contributed by atoms with Crippen molar-refractivity contribution in [1.29, 1.82) is 10.5 Å². The molecule has 0 aromatic heterocycles. The van der Waals surface area contributed by atoms with Crippen molar-refractivity contribution in [3.63, 3.8) is 0 Å². The van der Waals surface area contributed by atoms with E-state index in [0.29, 0.717) is 11.1 Å². The molecule has 0 radical (unpaired) electrons. The summed E-state index contributed by atoms with van der Waals surface area (Å²) in [6.07, 6.45) is 0. The average Bonchev–Trinajstić information content (AvgIpc) is 2.47. The van der Waals surface area contributed by atoms with E-state index in [0.717, 1.165) is 0 Å². The van der Waals surface area contributed by atoms with Crippen LogP contribution in [0.5, 0.6) is 0 Å². The van der Waals surface area contributed by atoms with Crippen LogP contribution in [0.3, 0.4) is 0 Å². The Morgan fingerprint density at radius 2 is 1.62 bits per heavy atom. The molecule has 21 heavy (non-hydrogen) atoms. The van der Waals surface area contributed by atoms with Crippen LogP contribution in [-0.2, 0) is 15.8 Å². The lowest BCUT2D eigenvalue weighted by atomic mass is 10.2. The van der Waals surface area contributed by atoms with Crippen LogP contribution in [0.2, 0.25) is 0 Å². The first-order valence-corrected chi connectivity index (χ1v) is 7.68. The maximum absolute atomic E-state index is 12.1. The highest BCUT2D eigenvalue weighted by atomic mass is 32.2. The van der Waals surface area contributed by atoms with Crippen molar-refractivity contribution in [1.82, 2.24) is 0 Å². The van der Waals surface area contributed by atoms with Crippen LogP contribution in [0, 0.1) is 22.7 Å². The van der Waals surface area contributed by atoms with Gasteiger partial charge in [0.25, 0.3) is 0 Å². The molecule has 0 aliphatic rings. The first kappa shape index (κ1) is 14.6. The van der Waals surface area contributed by atoms with Gasteiger partial charge in [0.15, 0.2) is 0 Å². The van der Waals surface area contributed by atoms with Crippen LogP contribution < -0.4 is 4.72 Å². The zero-order chi connectivity index (χ0) is 15.3. The zero-order valence-electron chi connectivity index (χ0n) is 10.9. The monoisotopic (exact) mass is 297 g/mol. The summed E-state index contributed by atoms with van der Waals surface area (Å²) in [7, 11) is -3.62. The van der Waals surface area contributed by atoms with Gasteiger partial charge < -0.3 is 0 Å². The van der Waals surface area contributed by atoms with Gasteiger partial charge in [-0.1, -0.05) is 24.3 Å². The molecule has 0 saturated heterocycles. The van der Waals surface area contributed by atoms with Crippen LogP contribution in [0.1, 0.15) is 16.7 Å².